The van der Waals surface area contributed by atoms with Gasteiger partial charge >= 0.3 is 0 Å². The van der Waals surface area contributed by atoms with Gasteiger partial charge in [-0.05, 0) is 19.4 Å². The molecule has 1 N–H and O–H groups in total. The van der Waals surface area contributed by atoms with Crippen LogP contribution in [0.3, 0.4) is 0 Å². The molecule has 0 spiro atoms. The van der Waals surface area contributed by atoms with Crippen molar-refractivity contribution >= 4 is 11.0 Å². The number of rotatable bonds is 3. The Kier molecular flexibility index (Phi) is 2.35. The SMILES string of the molecule is CCCOc1nc(C)nc2[nH]ccc12. The van der Waals surface area contributed by atoms with Gasteiger partial charge in [0.2, 0.25) is 5.88 Å². The van der Waals surface area contributed by atoms with Gasteiger partial charge in [0.25, 0.3) is 0 Å². The summed E-state index contributed by atoms with van der Waals surface area (Å²) < 4.78 is 5.54. The number of fused-ring (bicyclic) bond motifs is 1. The van der Waals surface area contributed by atoms with Crippen LogP contribution in [0.25, 0.3) is 11.0 Å². The van der Waals surface area contributed by atoms with E-state index in [0.717, 1.165) is 23.3 Å². The Morgan fingerprint density at radius 2 is 2.29 bits per heavy atom. The zero-order valence-corrected chi connectivity index (χ0v) is 8.37. The number of hydrogen-bond donors (Lipinski definition) is 1. The maximum Gasteiger partial charge on any atom is 0.226 e. The summed E-state index contributed by atoms with van der Waals surface area (Å²) in [5, 5.41) is 0.948. The number of ether oxygens (including phenoxy) is 1. The predicted molar refractivity (Wildman–Crippen MR) is 54.4 cm³/mol. The van der Waals surface area contributed by atoms with E-state index in [4.69, 9.17) is 4.74 Å². The molecule has 0 saturated carbocycles. The number of aromatic nitrogens is 3. The lowest BCUT2D eigenvalue weighted by Gasteiger charge is -2.04. The topological polar surface area (TPSA) is 50.8 Å². The van der Waals surface area contributed by atoms with E-state index in [0.29, 0.717) is 12.5 Å². The highest BCUT2D eigenvalue weighted by atomic mass is 16.5. The van der Waals surface area contributed by atoms with Crippen LogP contribution in [-0.4, -0.2) is 21.6 Å². The van der Waals surface area contributed by atoms with Crippen LogP contribution in [0.4, 0.5) is 0 Å². The highest BCUT2D eigenvalue weighted by Gasteiger charge is 2.06. The summed E-state index contributed by atoms with van der Waals surface area (Å²) in [5.74, 6) is 1.40. The zero-order chi connectivity index (χ0) is 9.97. The molecule has 0 aliphatic heterocycles. The first-order valence-corrected chi connectivity index (χ1v) is 4.76. The summed E-state index contributed by atoms with van der Waals surface area (Å²) in [6.45, 7) is 4.62. The Hall–Kier alpha value is -1.58. The van der Waals surface area contributed by atoms with Crippen LogP contribution >= 0.6 is 0 Å². The first-order valence-electron chi connectivity index (χ1n) is 4.76. The standard InChI is InChI=1S/C10H13N3O/c1-3-6-14-10-8-4-5-11-9(8)12-7(2)13-10/h4-5H,3,6H2,1-2H3,(H,11,12,13). The first-order chi connectivity index (χ1) is 6.81. The third kappa shape index (κ3) is 1.55. The lowest BCUT2D eigenvalue weighted by molar-refractivity contribution is 0.308. The largest absolute Gasteiger partial charge is 0.477 e. The van der Waals surface area contributed by atoms with Crippen LogP contribution in [-0.2, 0) is 0 Å². The molecule has 74 valence electrons. The highest BCUT2D eigenvalue weighted by Crippen LogP contribution is 2.21. The highest BCUT2D eigenvalue weighted by molar-refractivity contribution is 5.80. The molecule has 0 unspecified atom stereocenters. The van der Waals surface area contributed by atoms with E-state index in [1.807, 2.05) is 19.2 Å². The van der Waals surface area contributed by atoms with Gasteiger partial charge < -0.3 is 9.72 Å². The van der Waals surface area contributed by atoms with Gasteiger partial charge in [0.1, 0.15) is 11.5 Å². The van der Waals surface area contributed by atoms with Crippen LogP contribution < -0.4 is 4.74 Å². The predicted octanol–water partition coefficient (Wildman–Crippen LogP) is 2.06. The molecule has 4 heteroatoms. The quantitative estimate of drug-likeness (QED) is 0.807. The summed E-state index contributed by atoms with van der Waals surface area (Å²) >= 11 is 0. The Balaban J connectivity index is 2.44. The molecule has 2 aromatic heterocycles. The minimum Gasteiger partial charge on any atom is -0.477 e. The smallest absolute Gasteiger partial charge is 0.226 e. The number of nitrogens with zero attached hydrogens (tertiary/aromatic N) is 2. The average Bonchev–Trinajstić information content (AvgIpc) is 2.61. The fourth-order valence-electron chi connectivity index (χ4n) is 1.33. The molecule has 0 saturated heterocycles. The van der Waals surface area contributed by atoms with Gasteiger partial charge in [-0.25, -0.2) is 4.98 Å². The number of hydrogen-bond acceptors (Lipinski definition) is 3. The summed E-state index contributed by atoms with van der Waals surface area (Å²) in [4.78, 5) is 11.6. The van der Waals surface area contributed by atoms with Gasteiger partial charge in [0, 0.05) is 6.20 Å². The van der Waals surface area contributed by atoms with Crippen molar-refractivity contribution in [2.45, 2.75) is 20.3 Å². The Morgan fingerprint density at radius 1 is 1.43 bits per heavy atom. The number of nitrogens with one attached hydrogen (secondary N) is 1. The van der Waals surface area contributed by atoms with E-state index in [9.17, 15) is 0 Å². The van der Waals surface area contributed by atoms with Gasteiger partial charge in [-0.15, -0.1) is 0 Å². The molecule has 0 aliphatic rings. The molecule has 0 radical (unpaired) electrons. The van der Waals surface area contributed by atoms with Crippen molar-refractivity contribution in [1.29, 1.82) is 0 Å². The Morgan fingerprint density at radius 3 is 3.07 bits per heavy atom. The number of H-pyrrole nitrogens is 1. The molecule has 2 heterocycles. The van der Waals surface area contributed by atoms with Crippen molar-refractivity contribution < 1.29 is 4.74 Å². The molecule has 0 aromatic carbocycles. The van der Waals surface area contributed by atoms with Crippen LogP contribution in [0, 0.1) is 6.92 Å². The number of aryl methyl sites for hydroxylation is 1. The molecule has 14 heavy (non-hydrogen) atoms. The third-order valence-electron chi connectivity index (χ3n) is 1.94. The second-order valence-corrected chi connectivity index (χ2v) is 3.16. The molecule has 0 fully saturated rings. The van der Waals surface area contributed by atoms with E-state index in [1.165, 1.54) is 0 Å². The normalized spacial score (nSPS) is 10.7. The van der Waals surface area contributed by atoms with Crippen molar-refractivity contribution in [2.75, 3.05) is 6.61 Å². The van der Waals surface area contributed by atoms with Crippen LogP contribution in [0.15, 0.2) is 12.3 Å². The molecule has 0 atom stereocenters. The summed E-state index contributed by atoms with van der Waals surface area (Å²) in [7, 11) is 0. The number of aromatic amines is 1. The van der Waals surface area contributed by atoms with E-state index in [-0.39, 0.29) is 0 Å². The van der Waals surface area contributed by atoms with Gasteiger partial charge in [-0.1, -0.05) is 6.92 Å². The van der Waals surface area contributed by atoms with Crippen molar-refractivity contribution in [3.63, 3.8) is 0 Å². The van der Waals surface area contributed by atoms with Gasteiger partial charge in [0.15, 0.2) is 0 Å². The fraction of sp³-hybridized carbons (Fsp3) is 0.400. The minimum absolute atomic E-state index is 0.676. The maximum atomic E-state index is 5.54. The second-order valence-electron chi connectivity index (χ2n) is 3.16. The van der Waals surface area contributed by atoms with Crippen molar-refractivity contribution in [3.05, 3.63) is 18.1 Å². The van der Waals surface area contributed by atoms with E-state index < -0.39 is 0 Å². The molecular formula is C10H13N3O. The van der Waals surface area contributed by atoms with Crippen molar-refractivity contribution in [1.82, 2.24) is 15.0 Å². The van der Waals surface area contributed by atoms with Gasteiger partial charge in [0.05, 0.1) is 12.0 Å². The summed E-state index contributed by atoms with van der Waals surface area (Å²) in [5.41, 5.74) is 0.837. The Bertz CT molecular complexity index is 436. The molecule has 4 nitrogen and oxygen atoms in total. The van der Waals surface area contributed by atoms with Crippen molar-refractivity contribution in [2.24, 2.45) is 0 Å². The maximum absolute atomic E-state index is 5.54. The molecule has 0 aliphatic carbocycles. The lowest BCUT2D eigenvalue weighted by Crippen LogP contribution is -2.00. The molecular weight excluding hydrogens is 178 g/mol. The van der Waals surface area contributed by atoms with Crippen LogP contribution in [0.5, 0.6) is 5.88 Å². The van der Waals surface area contributed by atoms with Crippen LogP contribution in [0.1, 0.15) is 19.2 Å². The fourth-order valence-corrected chi connectivity index (χ4v) is 1.33. The second kappa shape index (κ2) is 3.65. The molecule has 0 amide bonds. The minimum atomic E-state index is 0.676. The monoisotopic (exact) mass is 191 g/mol. The zero-order valence-electron chi connectivity index (χ0n) is 8.37. The first kappa shape index (κ1) is 8.99. The van der Waals surface area contributed by atoms with Crippen molar-refractivity contribution in [3.8, 4) is 5.88 Å². The van der Waals surface area contributed by atoms with Gasteiger partial charge in [-0.3, -0.25) is 0 Å². The molecule has 2 rings (SSSR count). The van der Waals surface area contributed by atoms with E-state index in [1.54, 1.807) is 0 Å². The molecule has 2 aromatic rings. The van der Waals surface area contributed by atoms with E-state index in [2.05, 4.69) is 21.9 Å². The Labute approximate surface area is 82.3 Å². The lowest BCUT2D eigenvalue weighted by atomic mass is 10.4. The van der Waals surface area contributed by atoms with Crippen LogP contribution in [0.2, 0.25) is 0 Å². The summed E-state index contributed by atoms with van der Waals surface area (Å²) in [6, 6.07) is 1.93. The van der Waals surface area contributed by atoms with E-state index >= 15 is 0 Å². The summed E-state index contributed by atoms with van der Waals surface area (Å²) in [6.07, 6.45) is 2.83. The van der Waals surface area contributed by atoms with Gasteiger partial charge in [-0.2, -0.15) is 4.98 Å². The average molecular weight is 191 g/mol. The third-order valence-corrected chi connectivity index (χ3v) is 1.94. The molecule has 0 bridgehead atoms.